The number of nitrogens with zero attached hydrogens (tertiary/aromatic N) is 1. The van der Waals surface area contributed by atoms with E-state index in [1.54, 1.807) is 0 Å². The number of carbonyl (C=O) groups is 1. The summed E-state index contributed by atoms with van der Waals surface area (Å²) in [6.07, 6.45) is 3.05. The molecule has 2 heterocycles. The van der Waals surface area contributed by atoms with Gasteiger partial charge in [0, 0.05) is 43.7 Å². The van der Waals surface area contributed by atoms with Crippen molar-refractivity contribution in [2.45, 2.75) is 20.8 Å². The van der Waals surface area contributed by atoms with Gasteiger partial charge in [-0.15, -0.1) is 24.3 Å². The van der Waals surface area contributed by atoms with Crippen LogP contribution < -0.4 is 4.74 Å². The van der Waals surface area contributed by atoms with E-state index in [0.29, 0.717) is 0 Å². The SMILES string of the molecule is CC(=O)C=C(C)O.Cc1cnc2c(c1)-c1ccccc1Oc1ccc[c-]c1-2.[Ir]. The van der Waals surface area contributed by atoms with Gasteiger partial charge in [0.1, 0.15) is 5.75 Å². The number of para-hydroxylation sites is 1. The van der Waals surface area contributed by atoms with Crippen molar-refractivity contribution in [3.05, 3.63) is 78.2 Å². The molecule has 1 aliphatic rings. The van der Waals surface area contributed by atoms with Crippen LogP contribution in [-0.4, -0.2) is 15.9 Å². The third-order valence-corrected chi connectivity index (χ3v) is 3.89. The Balaban J connectivity index is 0.000000306. The monoisotopic (exact) mass is 551 g/mol. The Bertz CT molecular complexity index is 1020. The molecular formula is C23H20IrNO3-. The van der Waals surface area contributed by atoms with Gasteiger partial charge < -0.3 is 14.8 Å². The first-order valence-corrected chi connectivity index (χ1v) is 8.58. The number of hydrogen-bond donors (Lipinski definition) is 1. The molecule has 0 fully saturated rings. The van der Waals surface area contributed by atoms with E-state index in [4.69, 9.17) is 9.84 Å². The molecule has 0 spiro atoms. The summed E-state index contributed by atoms with van der Waals surface area (Å²) < 4.78 is 6.05. The summed E-state index contributed by atoms with van der Waals surface area (Å²) in [5.41, 5.74) is 5.15. The standard InChI is InChI=1S/C18H12NO.C5H8O2.Ir/c1-12-10-15-13-6-2-4-8-16(13)20-17-9-5-3-7-14(17)18(15)19-11-12;1-4(6)3-5(2)7;/h2-6,8-11H,1H3;3,6H,1-2H3;/q-1;;. The van der Waals surface area contributed by atoms with Gasteiger partial charge in [-0.2, -0.15) is 0 Å². The molecule has 0 atom stereocenters. The zero-order chi connectivity index (χ0) is 19.4. The van der Waals surface area contributed by atoms with Crippen LogP contribution in [0.2, 0.25) is 0 Å². The predicted octanol–water partition coefficient (Wildman–Crippen LogP) is 5.66. The van der Waals surface area contributed by atoms with Crippen molar-refractivity contribution in [2.75, 3.05) is 0 Å². The molecule has 145 valence electrons. The normalized spacial score (nSPS) is 11.2. The van der Waals surface area contributed by atoms with E-state index in [1.807, 2.05) is 42.6 Å². The van der Waals surface area contributed by atoms with Gasteiger partial charge in [0.15, 0.2) is 5.78 Å². The van der Waals surface area contributed by atoms with Gasteiger partial charge in [0.05, 0.1) is 5.76 Å². The fourth-order valence-electron chi connectivity index (χ4n) is 2.86. The van der Waals surface area contributed by atoms with E-state index in [1.165, 1.54) is 19.9 Å². The molecular weight excluding hydrogens is 530 g/mol. The number of carbonyl (C=O) groups excluding carboxylic acids is 1. The minimum atomic E-state index is -0.125. The van der Waals surface area contributed by atoms with E-state index in [9.17, 15) is 4.79 Å². The smallest absolute Gasteiger partial charge is 0.155 e. The Morgan fingerprint density at radius 2 is 1.82 bits per heavy atom. The second-order valence-electron chi connectivity index (χ2n) is 6.31. The molecule has 0 amide bonds. The van der Waals surface area contributed by atoms with Gasteiger partial charge in [-0.1, -0.05) is 29.8 Å². The maximum Gasteiger partial charge on any atom is 0.155 e. The molecule has 1 radical (unpaired) electrons. The molecule has 4 rings (SSSR count). The Hall–Kier alpha value is -2.75. The number of aryl methyl sites for hydroxylation is 1. The first-order valence-electron chi connectivity index (χ1n) is 8.58. The Labute approximate surface area is 178 Å². The number of ketones is 1. The van der Waals surface area contributed by atoms with Crippen molar-refractivity contribution in [1.82, 2.24) is 4.98 Å². The van der Waals surface area contributed by atoms with E-state index in [2.05, 4.69) is 30.1 Å². The summed E-state index contributed by atoms with van der Waals surface area (Å²) >= 11 is 0. The topological polar surface area (TPSA) is 59.4 Å². The second kappa shape index (κ2) is 9.45. The van der Waals surface area contributed by atoms with E-state index < -0.39 is 0 Å². The molecule has 2 aromatic carbocycles. The van der Waals surface area contributed by atoms with Gasteiger partial charge in [-0.05, 0) is 43.7 Å². The van der Waals surface area contributed by atoms with Crippen LogP contribution in [0.4, 0.5) is 0 Å². The molecule has 28 heavy (non-hydrogen) atoms. The summed E-state index contributed by atoms with van der Waals surface area (Å²) in [5.74, 6) is 1.60. The van der Waals surface area contributed by atoms with Gasteiger partial charge in [0.25, 0.3) is 0 Å². The first-order chi connectivity index (χ1) is 13.0. The molecule has 1 aliphatic heterocycles. The van der Waals surface area contributed by atoms with Crippen LogP contribution in [0.15, 0.2) is 66.6 Å². The largest absolute Gasteiger partial charge is 0.512 e. The average molecular weight is 551 g/mol. The van der Waals surface area contributed by atoms with Crippen LogP contribution in [0.5, 0.6) is 11.5 Å². The zero-order valence-corrected chi connectivity index (χ0v) is 18.2. The second-order valence-corrected chi connectivity index (χ2v) is 6.31. The van der Waals surface area contributed by atoms with Crippen LogP contribution in [0.3, 0.4) is 0 Å². The van der Waals surface area contributed by atoms with Gasteiger partial charge in [-0.3, -0.25) is 4.79 Å². The van der Waals surface area contributed by atoms with Crippen molar-refractivity contribution in [1.29, 1.82) is 0 Å². The molecule has 0 aliphatic carbocycles. The Morgan fingerprint density at radius 3 is 2.50 bits per heavy atom. The number of benzene rings is 2. The number of allylic oxidation sites excluding steroid dienone is 2. The van der Waals surface area contributed by atoms with Crippen molar-refractivity contribution in [3.8, 4) is 33.9 Å². The van der Waals surface area contributed by atoms with Crippen LogP contribution in [0, 0.1) is 13.0 Å². The molecule has 3 aromatic rings. The zero-order valence-electron chi connectivity index (χ0n) is 15.8. The van der Waals surface area contributed by atoms with E-state index in [-0.39, 0.29) is 31.6 Å². The van der Waals surface area contributed by atoms with Gasteiger partial charge >= 0.3 is 0 Å². The number of ether oxygens (including phenoxy) is 1. The molecule has 0 unspecified atom stereocenters. The number of aliphatic hydroxyl groups excluding tert-OH is 1. The van der Waals surface area contributed by atoms with Crippen LogP contribution in [0.1, 0.15) is 19.4 Å². The third-order valence-electron chi connectivity index (χ3n) is 3.89. The van der Waals surface area contributed by atoms with Crippen LogP contribution >= 0.6 is 0 Å². The summed E-state index contributed by atoms with van der Waals surface area (Å²) in [4.78, 5) is 14.6. The predicted molar refractivity (Wildman–Crippen MR) is 106 cm³/mol. The first kappa shape index (κ1) is 21.5. The molecule has 4 nitrogen and oxygen atoms in total. The minimum absolute atomic E-state index is 0. The van der Waals surface area contributed by atoms with Crippen LogP contribution in [0.25, 0.3) is 22.4 Å². The fourth-order valence-corrected chi connectivity index (χ4v) is 2.86. The maximum absolute atomic E-state index is 10.0. The van der Waals surface area contributed by atoms with E-state index in [0.717, 1.165) is 39.4 Å². The molecule has 5 heteroatoms. The number of rotatable bonds is 1. The van der Waals surface area contributed by atoms with Crippen molar-refractivity contribution >= 4 is 5.78 Å². The Morgan fingerprint density at radius 1 is 1.11 bits per heavy atom. The summed E-state index contributed by atoms with van der Waals surface area (Å²) in [5, 5.41) is 8.36. The fraction of sp³-hybridized carbons (Fsp3) is 0.130. The van der Waals surface area contributed by atoms with Gasteiger partial charge in [-0.25, -0.2) is 0 Å². The number of pyridine rings is 1. The molecule has 1 N–H and O–H groups in total. The quantitative estimate of drug-likeness (QED) is 0.189. The number of aliphatic hydroxyl groups is 1. The van der Waals surface area contributed by atoms with Crippen molar-refractivity contribution < 1.29 is 34.7 Å². The molecule has 0 saturated carbocycles. The number of hydrogen-bond acceptors (Lipinski definition) is 4. The third kappa shape index (κ3) is 4.94. The average Bonchev–Trinajstić information content (AvgIpc) is 2.75. The van der Waals surface area contributed by atoms with Crippen molar-refractivity contribution in [2.24, 2.45) is 0 Å². The minimum Gasteiger partial charge on any atom is -0.512 e. The van der Waals surface area contributed by atoms with Gasteiger partial charge in [0.2, 0.25) is 0 Å². The summed E-state index contributed by atoms with van der Waals surface area (Å²) in [7, 11) is 0. The summed E-state index contributed by atoms with van der Waals surface area (Å²) in [6, 6.07) is 19.3. The maximum atomic E-state index is 10.0. The summed E-state index contributed by atoms with van der Waals surface area (Å²) in [6.45, 7) is 4.90. The molecule has 0 bridgehead atoms. The number of fused-ring (bicyclic) bond motifs is 5. The van der Waals surface area contributed by atoms with Crippen molar-refractivity contribution in [3.63, 3.8) is 0 Å². The molecule has 0 saturated heterocycles. The Kier molecular flexibility index (Phi) is 7.27. The number of aromatic nitrogens is 1. The molecule has 1 aromatic heterocycles. The van der Waals surface area contributed by atoms with Crippen LogP contribution in [-0.2, 0) is 24.9 Å². The van der Waals surface area contributed by atoms with E-state index >= 15 is 0 Å².